The minimum Gasteiger partial charge on any atom is -0.378 e. The van der Waals surface area contributed by atoms with Crippen LogP contribution in [0.15, 0.2) is 0 Å². The van der Waals surface area contributed by atoms with Gasteiger partial charge in [-0.15, -0.1) is 0 Å². The lowest BCUT2D eigenvalue weighted by molar-refractivity contribution is -0.121. The predicted molar refractivity (Wildman–Crippen MR) is 44.7 cm³/mol. The highest BCUT2D eigenvalue weighted by atomic mass is 16.5. The zero-order valence-corrected chi connectivity index (χ0v) is 7.17. The van der Waals surface area contributed by atoms with Gasteiger partial charge in [0.2, 0.25) is 5.91 Å². The van der Waals surface area contributed by atoms with Crippen LogP contribution in [-0.4, -0.2) is 44.8 Å². The van der Waals surface area contributed by atoms with E-state index in [4.69, 9.17) is 10.5 Å². The van der Waals surface area contributed by atoms with Crippen molar-refractivity contribution in [1.29, 1.82) is 0 Å². The van der Waals surface area contributed by atoms with Gasteiger partial charge in [-0.1, -0.05) is 0 Å². The minimum absolute atomic E-state index is 0.0347. The van der Waals surface area contributed by atoms with E-state index in [-0.39, 0.29) is 24.6 Å². The smallest absolute Gasteiger partial charge is 0.234 e. The van der Waals surface area contributed by atoms with Gasteiger partial charge in [-0.05, 0) is 0 Å². The van der Waals surface area contributed by atoms with E-state index in [0.717, 1.165) is 13.1 Å². The molecule has 0 radical (unpaired) electrons. The minimum atomic E-state index is -0.134. The van der Waals surface area contributed by atoms with E-state index in [0.29, 0.717) is 0 Å². The van der Waals surface area contributed by atoms with E-state index < -0.39 is 0 Å². The Bertz CT molecular complexity index is 163. The van der Waals surface area contributed by atoms with Crippen molar-refractivity contribution in [2.45, 2.75) is 12.1 Å². The molecule has 1 heterocycles. The Kier molecular flexibility index (Phi) is 3.46. The van der Waals surface area contributed by atoms with E-state index in [2.05, 4.69) is 10.6 Å². The number of carbonyl (C=O) groups is 1. The summed E-state index contributed by atoms with van der Waals surface area (Å²) < 4.78 is 5.15. The Labute approximate surface area is 71.6 Å². The zero-order valence-electron chi connectivity index (χ0n) is 7.17. The zero-order chi connectivity index (χ0) is 8.97. The van der Waals surface area contributed by atoms with Gasteiger partial charge in [-0.3, -0.25) is 4.79 Å². The molecule has 0 spiro atoms. The van der Waals surface area contributed by atoms with Crippen LogP contribution < -0.4 is 16.4 Å². The summed E-state index contributed by atoms with van der Waals surface area (Å²) >= 11 is 0. The van der Waals surface area contributed by atoms with Crippen LogP contribution in [0.4, 0.5) is 0 Å². The summed E-state index contributed by atoms with van der Waals surface area (Å²) in [6.07, 6.45) is 0.0699. The van der Waals surface area contributed by atoms with Crippen molar-refractivity contribution in [1.82, 2.24) is 10.6 Å². The third-order valence-electron chi connectivity index (χ3n) is 1.99. The van der Waals surface area contributed by atoms with Crippen LogP contribution in [0.5, 0.6) is 0 Å². The molecule has 0 aromatic carbocycles. The number of nitrogens with two attached hydrogens (primary N) is 1. The van der Waals surface area contributed by atoms with E-state index in [1.54, 1.807) is 7.11 Å². The first-order valence-corrected chi connectivity index (χ1v) is 4.01. The molecule has 4 N–H and O–H groups in total. The third kappa shape index (κ3) is 2.17. The number of methoxy groups -OCH3 is 1. The SMILES string of the molecule is CO[C@H]1CNC[C@@H]1NC(=O)CN. The molecule has 0 aromatic rings. The maximum absolute atomic E-state index is 10.9. The third-order valence-corrected chi connectivity index (χ3v) is 1.99. The van der Waals surface area contributed by atoms with Gasteiger partial charge in [0.1, 0.15) is 0 Å². The van der Waals surface area contributed by atoms with Crippen LogP contribution in [0.25, 0.3) is 0 Å². The highest BCUT2D eigenvalue weighted by Gasteiger charge is 2.27. The summed E-state index contributed by atoms with van der Waals surface area (Å²) in [5.74, 6) is -0.134. The Morgan fingerprint density at radius 2 is 2.50 bits per heavy atom. The van der Waals surface area contributed by atoms with E-state index in [1.165, 1.54) is 0 Å². The second kappa shape index (κ2) is 4.39. The first-order valence-electron chi connectivity index (χ1n) is 4.01. The van der Waals surface area contributed by atoms with Gasteiger partial charge in [0.15, 0.2) is 0 Å². The first-order chi connectivity index (χ1) is 5.77. The molecule has 1 aliphatic rings. The molecule has 2 atom stereocenters. The normalized spacial score (nSPS) is 28.8. The largest absolute Gasteiger partial charge is 0.378 e. The summed E-state index contributed by atoms with van der Waals surface area (Å²) in [5.41, 5.74) is 5.16. The molecule has 0 aromatic heterocycles. The standard InChI is InChI=1S/C7H15N3O2/c1-12-6-4-9-3-5(6)10-7(11)2-8/h5-6,9H,2-4,8H2,1H3,(H,10,11)/t5-,6-/m0/s1. The molecule has 70 valence electrons. The summed E-state index contributed by atoms with van der Waals surface area (Å²) in [6, 6.07) is 0.0612. The van der Waals surface area contributed by atoms with Crippen LogP contribution in [-0.2, 0) is 9.53 Å². The molecule has 0 saturated carbocycles. The Morgan fingerprint density at radius 3 is 3.08 bits per heavy atom. The van der Waals surface area contributed by atoms with E-state index >= 15 is 0 Å². The number of hydrogen-bond acceptors (Lipinski definition) is 4. The number of ether oxygens (including phenoxy) is 1. The van der Waals surface area contributed by atoms with Crippen molar-refractivity contribution in [3.05, 3.63) is 0 Å². The predicted octanol–water partition coefficient (Wildman–Crippen LogP) is -1.95. The fourth-order valence-electron chi connectivity index (χ4n) is 1.31. The van der Waals surface area contributed by atoms with Crippen molar-refractivity contribution in [3.63, 3.8) is 0 Å². The van der Waals surface area contributed by atoms with E-state index in [9.17, 15) is 4.79 Å². The molecule has 1 saturated heterocycles. The second-order valence-electron chi connectivity index (χ2n) is 2.81. The van der Waals surface area contributed by atoms with Crippen LogP contribution >= 0.6 is 0 Å². The Morgan fingerprint density at radius 1 is 1.75 bits per heavy atom. The lowest BCUT2D eigenvalue weighted by Crippen LogP contribution is -2.45. The Hall–Kier alpha value is -0.650. The van der Waals surface area contributed by atoms with Crippen molar-refractivity contribution in [2.24, 2.45) is 5.73 Å². The molecule has 0 unspecified atom stereocenters. The average molecular weight is 173 g/mol. The molecule has 1 fully saturated rings. The van der Waals surface area contributed by atoms with Gasteiger partial charge in [-0.2, -0.15) is 0 Å². The van der Waals surface area contributed by atoms with Crippen molar-refractivity contribution < 1.29 is 9.53 Å². The maximum Gasteiger partial charge on any atom is 0.234 e. The van der Waals surface area contributed by atoms with Gasteiger partial charge in [-0.25, -0.2) is 0 Å². The highest BCUT2D eigenvalue weighted by Crippen LogP contribution is 2.02. The quantitative estimate of drug-likeness (QED) is 0.463. The average Bonchev–Trinajstić information content (AvgIpc) is 2.51. The monoisotopic (exact) mass is 173 g/mol. The number of rotatable bonds is 3. The van der Waals surface area contributed by atoms with Crippen LogP contribution in [0.2, 0.25) is 0 Å². The molecular weight excluding hydrogens is 158 g/mol. The summed E-state index contributed by atoms with van der Waals surface area (Å²) in [6.45, 7) is 1.57. The van der Waals surface area contributed by atoms with Gasteiger partial charge in [0.05, 0.1) is 18.7 Å². The molecule has 1 amide bonds. The summed E-state index contributed by atoms with van der Waals surface area (Å²) in [5, 5.41) is 5.90. The van der Waals surface area contributed by atoms with Crippen LogP contribution in [0, 0.1) is 0 Å². The fraction of sp³-hybridized carbons (Fsp3) is 0.857. The fourth-order valence-corrected chi connectivity index (χ4v) is 1.31. The van der Waals surface area contributed by atoms with Crippen LogP contribution in [0.1, 0.15) is 0 Å². The lowest BCUT2D eigenvalue weighted by Gasteiger charge is -2.17. The van der Waals surface area contributed by atoms with Crippen molar-refractivity contribution >= 4 is 5.91 Å². The van der Waals surface area contributed by atoms with E-state index in [1.807, 2.05) is 0 Å². The molecule has 1 rings (SSSR count). The number of amides is 1. The second-order valence-corrected chi connectivity index (χ2v) is 2.81. The molecule has 5 heteroatoms. The molecule has 5 nitrogen and oxygen atoms in total. The molecule has 1 aliphatic heterocycles. The molecule has 0 bridgehead atoms. The highest BCUT2D eigenvalue weighted by molar-refractivity contribution is 5.78. The molecule has 0 aliphatic carbocycles. The van der Waals surface area contributed by atoms with Crippen molar-refractivity contribution in [3.8, 4) is 0 Å². The van der Waals surface area contributed by atoms with Crippen LogP contribution in [0.3, 0.4) is 0 Å². The first kappa shape index (κ1) is 9.44. The maximum atomic E-state index is 10.9. The molecular formula is C7H15N3O2. The van der Waals surface area contributed by atoms with Gasteiger partial charge >= 0.3 is 0 Å². The summed E-state index contributed by atoms with van der Waals surface area (Å²) in [7, 11) is 1.64. The van der Waals surface area contributed by atoms with Gasteiger partial charge in [0, 0.05) is 20.2 Å². The number of nitrogens with one attached hydrogen (secondary N) is 2. The summed E-state index contributed by atoms with van der Waals surface area (Å²) in [4.78, 5) is 10.9. The lowest BCUT2D eigenvalue weighted by atomic mass is 10.2. The molecule has 12 heavy (non-hydrogen) atoms. The van der Waals surface area contributed by atoms with Gasteiger partial charge < -0.3 is 21.1 Å². The Balaban J connectivity index is 2.35. The number of carbonyl (C=O) groups excluding carboxylic acids is 1. The van der Waals surface area contributed by atoms with Crippen molar-refractivity contribution in [2.75, 3.05) is 26.7 Å². The number of hydrogen-bond donors (Lipinski definition) is 3. The van der Waals surface area contributed by atoms with Gasteiger partial charge in [0.25, 0.3) is 0 Å². The topological polar surface area (TPSA) is 76.4 Å².